The SMILES string of the molecule is COC(=O)C1CCC(Oc2ccnc3[nH]ncc23)CC1.COC(=O)C1CCC(Oc2ccnc3n[nH]c(I)c23)CC1. The van der Waals surface area contributed by atoms with Crippen molar-refractivity contribution in [3.05, 3.63) is 34.4 Å². The number of fused-ring (bicyclic) bond motifs is 2. The van der Waals surface area contributed by atoms with E-state index in [1.807, 2.05) is 12.1 Å². The lowest BCUT2D eigenvalue weighted by Crippen LogP contribution is -2.28. The van der Waals surface area contributed by atoms with Gasteiger partial charge in [0, 0.05) is 12.4 Å². The molecular formula is C28H33IN6O6. The Morgan fingerprint density at radius 1 is 0.805 bits per heavy atom. The van der Waals surface area contributed by atoms with Crippen LogP contribution in [-0.4, -0.2) is 68.7 Å². The molecule has 218 valence electrons. The number of esters is 2. The Morgan fingerprint density at radius 2 is 1.37 bits per heavy atom. The number of carbonyl (C=O) groups is 2. The van der Waals surface area contributed by atoms with Gasteiger partial charge in [-0.3, -0.25) is 19.8 Å². The molecule has 41 heavy (non-hydrogen) atoms. The molecule has 0 aliphatic heterocycles. The second-order valence-electron chi connectivity index (χ2n) is 10.2. The molecule has 2 saturated carbocycles. The van der Waals surface area contributed by atoms with Gasteiger partial charge in [0.05, 0.1) is 55.2 Å². The number of rotatable bonds is 6. The lowest BCUT2D eigenvalue weighted by molar-refractivity contribution is -0.147. The first-order chi connectivity index (χ1) is 20.0. The number of aromatic nitrogens is 6. The highest BCUT2D eigenvalue weighted by Gasteiger charge is 2.29. The van der Waals surface area contributed by atoms with Gasteiger partial charge in [-0.05, 0) is 86.1 Å². The minimum atomic E-state index is -0.107. The summed E-state index contributed by atoms with van der Waals surface area (Å²) in [6, 6.07) is 3.72. The maximum Gasteiger partial charge on any atom is 0.308 e. The third-order valence-electron chi connectivity index (χ3n) is 7.69. The van der Waals surface area contributed by atoms with E-state index in [2.05, 4.69) is 53.0 Å². The van der Waals surface area contributed by atoms with Crippen LogP contribution in [0, 0.1) is 15.5 Å². The van der Waals surface area contributed by atoms with Crippen LogP contribution in [0.1, 0.15) is 51.4 Å². The van der Waals surface area contributed by atoms with Gasteiger partial charge in [0.25, 0.3) is 0 Å². The van der Waals surface area contributed by atoms with Gasteiger partial charge in [0.2, 0.25) is 0 Å². The van der Waals surface area contributed by atoms with Gasteiger partial charge in [-0.1, -0.05) is 0 Å². The fourth-order valence-electron chi connectivity index (χ4n) is 5.44. The van der Waals surface area contributed by atoms with Crippen molar-refractivity contribution < 1.29 is 28.5 Å². The predicted molar refractivity (Wildman–Crippen MR) is 157 cm³/mol. The highest BCUT2D eigenvalue weighted by molar-refractivity contribution is 14.1. The summed E-state index contributed by atoms with van der Waals surface area (Å²) in [6.07, 6.45) is 12.1. The molecule has 2 fully saturated rings. The molecule has 4 aromatic heterocycles. The lowest BCUT2D eigenvalue weighted by atomic mass is 9.87. The first-order valence-corrected chi connectivity index (χ1v) is 14.8. The minimum absolute atomic E-state index is 0.0152. The first kappa shape index (κ1) is 29.0. The molecule has 0 atom stereocenters. The molecule has 2 aliphatic rings. The van der Waals surface area contributed by atoms with Crippen molar-refractivity contribution in [3.8, 4) is 11.5 Å². The van der Waals surface area contributed by atoms with Crippen molar-refractivity contribution in [2.24, 2.45) is 11.8 Å². The van der Waals surface area contributed by atoms with E-state index in [0.717, 1.165) is 83.0 Å². The molecule has 0 bridgehead atoms. The zero-order valence-corrected chi connectivity index (χ0v) is 25.1. The standard InChI is InChI=1S/C14H16IN3O3.C14H17N3O3/c1-20-14(19)8-2-4-9(5-3-8)21-10-6-7-16-13-11(10)12(15)17-18-13;1-19-14(18)9-2-4-10(5-3-9)20-12-6-7-15-13-11(12)8-16-17-13/h6-9H,2-5H2,1H3,(H,16,17,18);6-10H,2-5H2,1H3,(H,15,16,17). The van der Waals surface area contributed by atoms with Crippen molar-refractivity contribution in [1.29, 1.82) is 0 Å². The fourth-order valence-corrected chi connectivity index (χ4v) is 6.06. The van der Waals surface area contributed by atoms with Crippen molar-refractivity contribution in [3.63, 3.8) is 0 Å². The summed E-state index contributed by atoms with van der Waals surface area (Å²) in [5, 5.41) is 15.7. The quantitative estimate of drug-likeness (QED) is 0.216. The maximum atomic E-state index is 11.5. The number of nitrogens with one attached hydrogen (secondary N) is 2. The van der Waals surface area contributed by atoms with Crippen LogP contribution in [0.25, 0.3) is 22.1 Å². The molecule has 0 unspecified atom stereocenters. The van der Waals surface area contributed by atoms with E-state index < -0.39 is 0 Å². The normalized spacial score (nSPS) is 22.4. The molecule has 2 aliphatic carbocycles. The number of halogens is 1. The summed E-state index contributed by atoms with van der Waals surface area (Å²) >= 11 is 2.19. The first-order valence-electron chi connectivity index (χ1n) is 13.7. The van der Waals surface area contributed by atoms with Crippen LogP contribution in [0.4, 0.5) is 0 Å². The molecule has 0 amide bonds. The van der Waals surface area contributed by atoms with Crippen LogP contribution in [-0.2, 0) is 19.1 Å². The molecule has 0 saturated heterocycles. The Labute approximate surface area is 250 Å². The third-order valence-corrected chi connectivity index (χ3v) is 8.47. The summed E-state index contributed by atoms with van der Waals surface area (Å²) < 4.78 is 22.7. The number of carbonyl (C=O) groups excluding carboxylic acids is 2. The topological polar surface area (TPSA) is 154 Å². The van der Waals surface area contributed by atoms with Crippen LogP contribution in [0.3, 0.4) is 0 Å². The van der Waals surface area contributed by atoms with Gasteiger partial charge in [-0.25, -0.2) is 9.97 Å². The fraction of sp³-hybridized carbons (Fsp3) is 0.500. The van der Waals surface area contributed by atoms with Gasteiger partial charge >= 0.3 is 11.9 Å². The van der Waals surface area contributed by atoms with Crippen LogP contribution >= 0.6 is 22.6 Å². The summed E-state index contributed by atoms with van der Waals surface area (Å²) in [6.45, 7) is 0. The largest absolute Gasteiger partial charge is 0.490 e. The zero-order valence-electron chi connectivity index (χ0n) is 23.0. The number of aromatic amines is 2. The van der Waals surface area contributed by atoms with Crippen molar-refractivity contribution in [2.75, 3.05) is 14.2 Å². The Balaban J connectivity index is 0.000000165. The van der Waals surface area contributed by atoms with E-state index in [0.29, 0.717) is 5.65 Å². The summed E-state index contributed by atoms with van der Waals surface area (Å²) in [4.78, 5) is 31.4. The maximum absolute atomic E-state index is 11.5. The third kappa shape index (κ3) is 6.88. The van der Waals surface area contributed by atoms with Crippen molar-refractivity contribution >= 4 is 56.6 Å². The number of nitrogens with zero attached hydrogens (tertiary/aromatic N) is 4. The van der Waals surface area contributed by atoms with Crippen molar-refractivity contribution in [2.45, 2.75) is 63.6 Å². The lowest BCUT2D eigenvalue weighted by Gasteiger charge is -2.27. The Bertz CT molecular complexity index is 1480. The van der Waals surface area contributed by atoms with Gasteiger partial charge in [-0.2, -0.15) is 10.2 Å². The van der Waals surface area contributed by atoms with Crippen molar-refractivity contribution in [1.82, 2.24) is 30.4 Å². The van der Waals surface area contributed by atoms with Gasteiger partial charge in [-0.15, -0.1) is 0 Å². The molecule has 0 spiro atoms. The number of methoxy groups -OCH3 is 2. The Kier molecular flexibility index (Phi) is 9.52. The van der Waals surface area contributed by atoms with Gasteiger partial charge in [0.15, 0.2) is 11.3 Å². The highest BCUT2D eigenvalue weighted by Crippen LogP contribution is 2.33. The molecule has 2 N–H and O–H groups in total. The van der Waals surface area contributed by atoms with E-state index in [1.165, 1.54) is 14.2 Å². The molecule has 6 rings (SSSR count). The van der Waals surface area contributed by atoms with Crippen LogP contribution in [0.15, 0.2) is 30.7 Å². The number of pyridine rings is 2. The predicted octanol–water partition coefficient (Wildman–Crippen LogP) is 4.74. The van der Waals surface area contributed by atoms with E-state index in [9.17, 15) is 9.59 Å². The second kappa shape index (κ2) is 13.4. The highest BCUT2D eigenvalue weighted by atomic mass is 127. The monoisotopic (exact) mass is 676 g/mol. The molecule has 0 aromatic carbocycles. The van der Waals surface area contributed by atoms with Gasteiger partial charge in [0.1, 0.15) is 15.2 Å². The molecule has 13 heteroatoms. The average Bonchev–Trinajstić information content (AvgIpc) is 3.65. The molecule has 4 aromatic rings. The van der Waals surface area contributed by atoms with Crippen LogP contribution in [0.5, 0.6) is 11.5 Å². The number of hydrogen-bond donors (Lipinski definition) is 2. The smallest absolute Gasteiger partial charge is 0.308 e. The Hall–Kier alpha value is -3.49. The minimum Gasteiger partial charge on any atom is -0.490 e. The second-order valence-corrected chi connectivity index (χ2v) is 11.3. The molecule has 0 radical (unpaired) electrons. The van der Waals surface area contributed by atoms with E-state index in [1.54, 1.807) is 18.6 Å². The number of H-pyrrole nitrogens is 2. The Morgan fingerprint density at radius 3 is 1.98 bits per heavy atom. The number of ether oxygens (including phenoxy) is 4. The van der Waals surface area contributed by atoms with E-state index in [-0.39, 0.29) is 36.0 Å². The van der Waals surface area contributed by atoms with E-state index in [4.69, 9.17) is 18.9 Å². The molecule has 12 nitrogen and oxygen atoms in total. The van der Waals surface area contributed by atoms with Gasteiger partial charge < -0.3 is 18.9 Å². The summed E-state index contributed by atoms with van der Waals surface area (Å²) in [7, 11) is 2.89. The molecular weight excluding hydrogens is 643 g/mol. The number of hydrogen-bond acceptors (Lipinski definition) is 10. The molecule has 4 heterocycles. The summed E-state index contributed by atoms with van der Waals surface area (Å²) in [5.41, 5.74) is 1.39. The van der Waals surface area contributed by atoms with Crippen LogP contribution in [0.2, 0.25) is 0 Å². The average molecular weight is 677 g/mol. The van der Waals surface area contributed by atoms with Crippen LogP contribution < -0.4 is 9.47 Å². The summed E-state index contributed by atoms with van der Waals surface area (Å²) in [5.74, 6) is 1.42. The zero-order chi connectivity index (χ0) is 28.8. The van der Waals surface area contributed by atoms with E-state index >= 15 is 0 Å².